The monoisotopic (exact) mass is 343 g/mol. The lowest BCUT2D eigenvalue weighted by molar-refractivity contribution is -0.131. The number of carbonyl (C=O) groups is 1. The molecule has 6 nitrogen and oxygen atoms in total. The summed E-state index contributed by atoms with van der Waals surface area (Å²) in [6.45, 7) is 1.39. The van der Waals surface area contributed by atoms with E-state index >= 15 is 0 Å². The van der Waals surface area contributed by atoms with E-state index in [2.05, 4.69) is 10.0 Å². The van der Waals surface area contributed by atoms with Gasteiger partial charge in [-0.2, -0.15) is 0 Å². The van der Waals surface area contributed by atoms with E-state index < -0.39 is 20.7 Å². The van der Waals surface area contributed by atoms with Crippen LogP contribution in [-0.2, 0) is 14.8 Å². The number of benzene rings is 1. The van der Waals surface area contributed by atoms with E-state index in [1.165, 1.54) is 18.2 Å². The van der Waals surface area contributed by atoms with Crippen LogP contribution in [0, 0.1) is 5.82 Å². The molecule has 23 heavy (non-hydrogen) atoms. The second-order valence-electron chi connectivity index (χ2n) is 5.52. The zero-order valence-electron chi connectivity index (χ0n) is 13.1. The summed E-state index contributed by atoms with van der Waals surface area (Å²) in [6, 6.07) is 5.33. The predicted molar refractivity (Wildman–Crippen MR) is 84.9 cm³/mol. The summed E-state index contributed by atoms with van der Waals surface area (Å²) in [6.07, 6.45) is 1.97. The van der Waals surface area contributed by atoms with Crippen LogP contribution in [0.3, 0.4) is 0 Å². The number of carbonyl (C=O) groups excluding carboxylic acids is 1. The third-order valence-corrected chi connectivity index (χ3v) is 5.39. The van der Waals surface area contributed by atoms with Crippen molar-refractivity contribution in [1.29, 1.82) is 0 Å². The molecule has 2 N–H and O–H groups in total. The number of nitrogens with one attached hydrogen (secondary N) is 2. The average molecular weight is 343 g/mol. The molecule has 1 fully saturated rings. The molecule has 1 amide bonds. The molecule has 1 atom stereocenters. The molecule has 1 unspecified atom stereocenters. The Morgan fingerprint density at radius 3 is 2.83 bits per heavy atom. The van der Waals surface area contributed by atoms with Gasteiger partial charge in [-0.1, -0.05) is 12.1 Å². The fraction of sp³-hybridized carbons (Fsp3) is 0.533. The molecular formula is C15H22FN3O3S. The smallest absolute Gasteiger partial charge is 0.243 e. The lowest BCUT2D eigenvalue weighted by Crippen LogP contribution is -2.42. The quantitative estimate of drug-likeness (QED) is 0.764. The number of nitrogens with zero attached hydrogens (tertiary/aromatic N) is 1. The van der Waals surface area contributed by atoms with Crippen molar-refractivity contribution in [2.75, 3.05) is 26.7 Å². The molecule has 1 aromatic rings. The average Bonchev–Trinajstić information content (AvgIpc) is 2.96. The Kier molecular flexibility index (Phi) is 6.09. The van der Waals surface area contributed by atoms with E-state index in [1.54, 1.807) is 4.90 Å². The lowest BCUT2D eigenvalue weighted by atomic mass is 10.2. The van der Waals surface area contributed by atoms with E-state index in [0.29, 0.717) is 6.54 Å². The van der Waals surface area contributed by atoms with E-state index in [-0.39, 0.29) is 24.9 Å². The van der Waals surface area contributed by atoms with Gasteiger partial charge < -0.3 is 10.2 Å². The maximum atomic E-state index is 13.6. The van der Waals surface area contributed by atoms with Gasteiger partial charge in [0.2, 0.25) is 15.9 Å². The first kappa shape index (κ1) is 17.8. The summed E-state index contributed by atoms with van der Waals surface area (Å²) in [5.41, 5.74) is 0. The summed E-state index contributed by atoms with van der Waals surface area (Å²) in [5, 5.41) is 3.06. The van der Waals surface area contributed by atoms with Gasteiger partial charge in [0.05, 0.1) is 0 Å². The van der Waals surface area contributed by atoms with Crippen LogP contribution in [0.5, 0.6) is 0 Å². The molecular weight excluding hydrogens is 321 g/mol. The van der Waals surface area contributed by atoms with E-state index in [4.69, 9.17) is 0 Å². The van der Waals surface area contributed by atoms with Gasteiger partial charge in [0.1, 0.15) is 10.7 Å². The van der Waals surface area contributed by atoms with Crippen molar-refractivity contribution in [2.24, 2.45) is 0 Å². The molecule has 1 aliphatic rings. The van der Waals surface area contributed by atoms with Gasteiger partial charge in [-0.3, -0.25) is 4.79 Å². The number of likely N-dealkylation sites (N-methyl/N-ethyl adjacent to an activating group) is 1. The van der Waals surface area contributed by atoms with E-state index in [9.17, 15) is 17.6 Å². The van der Waals surface area contributed by atoms with Crippen LogP contribution >= 0.6 is 0 Å². The largest absolute Gasteiger partial charge is 0.338 e. The first-order valence-electron chi connectivity index (χ1n) is 7.64. The number of likely N-dealkylation sites (tertiary alicyclic amines) is 1. The molecule has 1 saturated heterocycles. The number of halogens is 1. The van der Waals surface area contributed by atoms with Crippen molar-refractivity contribution in [3.63, 3.8) is 0 Å². The number of amides is 1. The molecule has 0 bridgehead atoms. The molecule has 0 spiro atoms. The zero-order chi connectivity index (χ0) is 16.9. The highest BCUT2D eigenvalue weighted by molar-refractivity contribution is 7.89. The first-order chi connectivity index (χ1) is 11.0. The fourth-order valence-electron chi connectivity index (χ4n) is 2.79. The van der Waals surface area contributed by atoms with Crippen molar-refractivity contribution < 1.29 is 17.6 Å². The Balaban J connectivity index is 1.89. The minimum absolute atomic E-state index is 0.0434. The highest BCUT2D eigenvalue weighted by atomic mass is 32.2. The van der Waals surface area contributed by atoms with E-state index in [1.807, 2.05) is 7.05 Å². The zero-order valence-corrected chi connectivity index (χ0v) is 13.9. The minimum atomic E-state index is -3.94. The standard InChI is InChI=1S/C15H22FN3O3S/c1-17-11-12-5-4-10-19(12)15(20)8-9-18-23(21,22)14-7-3-2-6-13(14)16/h2-3,6-7,12,17-18H,4-5,8-11H2,1H3. The van der Waals surface area contributed by atoms with Gasteiger partial charge in [-0.05, 0) is 32.0 Å². The third-order valence-electron chi connectivity index (χ3n) is 3.89. The summed E-state index contributed by atoms with van der Waals surface area (Å²) in [7, 11) is -2.11. The maximum Gasteiger partial charge on any atom is 0.243 e. The van der Waals surface area contributed by atoms with Crippen molar-refractivity contribution >= 4 is 15.9 Å². The Hall–Kier alpha value is -1.51. The Bertz CT molecular complexity index is 651. The van der Waals surface area contributed by atoms with Gasteiger partial charge in [-0.25, -0.2) is 17.5 Å². The van der Waals surface area contributed by atoms with Gasteiger partial charge >= 0.3 is 0 Å². The second kappa shape index (κ2) is 7.85. The van der Waals surface area contributed by atoms with Gasteiger partial charge in [0.25, 0.3) is 0 Å². The molecule has 1 aliphatic heterocycles. The van der Waals surface area contributed by atoms with Crippen LogP contribution < -0.4 is 10.0 Å². The first-order valence-corrected chi connectivity index (χ1v) is 9.12. The molecule has 0 saturated carbocycles. The SMILES string of the molecule is CNCC1CCCN1C(=O)CCNS(=O)(=O)c1ccccc1F. The molecule has 1 heterocycles. The molecule has 2 rings (SSSR count). The third kappa shape index (κ3) is 4.49. The normalized spacial score (nSPS) is 18.3. The maximum absolute atomic E-state index is 13.6. The number of hydrogen-bond donors (Lipinski definition) is 2. The summed E-state index contributed by atoms with van der Waals surface area (Å²) in [5.74, 6) is -0.890. The highest BCUT2D eigenvalue weighted by Crippen LogP contribution is 2.18. The summed E-state index contributed by atoms with van der Waals surface area (Å²) in [4.78, 5) is 13.6. The lowest BCUT2D eigenvalue weighted by Gasteiger charge is -2.24. The molecule has 0 aliphatic carbocycles. The highest BCUT2D eigenvalue weighted by Gasteiger charge is 2.28. The number of rotatable bonds is 7. The summed E-state index contributed by atoms with van der Waals surface area (Å²) >= 11 is 0. The van der Waals surface area contributed by atoms with Crippen LogP contribution in [-0.4, -0.2) is 51.9 Å². The van der Waals surface area contributed by atoms with Crippen LogP contribution in [0.1, 0.15) is 19.3 Å². The number of sulfonamides is 1. The predicted octanol–water partition coefficient (Wildman–Crippen LogP) is 0.704. The van der Waals surface area contributed by atoms with Crippen LogP contribution in [0.2, 0.25) is 0 Å². The molecule has 8 heteroatoms. The van der Waals surface area contributed by atoms with Crippen molar-refractivity contribution in [2.45, 2.75) is 30.2 Å². The molecule has 1 aromatic carbocycles. The van der Waals surface area contributed by atoms with E-state index in [0.717, 1.165) is 25.5 Å². The van der Waals surface area contributed by atoms with Crippen LogP contribution in [0.4, 0.5) is 4.39 Å². The van der Waals surface area contributed by atoms with Crippen molar-refractivity contribution in [3.05, 3.63) is 30.1 Å². The van der Waals surface area contributed by atoms with Gasteiger partial charge in [0, 0.05) is 32.1 Å². The molecule has 0 aromatic heterocycles. The van der Waals surface area contributed by atoms with Crippen LogP contribution in [0.25, 0.3) is 0 Å². The fourth-order valence-corrected chi connectivity index (χ4v) is 3.90. The minimum Gasteiger partial charge on any atom is -0.338 e. The summed E-state index contributed by atoms with van der Waals surface area (Å²) < 4.78 is 39.9. The van der Waals surface area contributed by atoms with Crippen LogP contribution in [0.15, 0.2) is 29.2 Å². The molecule has 0 radical (unpaired) electrons. The van der Waals surface area contributed by atoms with Crippen molar-refractivity contribution in [1.82, 2.24) is 14.9 Å². The number of hydrogen-bond acceptors (Lipinski definition) is 4. The second-order valence-corrected chi connectivity index (χ2v) is 7.25. The van der Waals surface area contributed by atoms with Gasteiger partial charge in [0.15, 0.2) is 0 Å². The Labute approximate surface area is 136 Å². The molecule has 128 valence electrons. The van der Waals surface area contributed by atoms with Gasteiger partial charge in [-0.15, -0.1) is 0 Å². The Morgan fingerprint density at radius 1 is 1.39 bits per heavy atom. The van der Waals surface area contributed by atoms with Crippen molar-refractivity contribution in [3.8, 4) is 0 Å². The Morgan fingerprint density at radius 2 is 2.13 bits per heavy atom. The topological polar surface area (TPSA) is 78.5 Å².